The number of hydrazine groups is 1. The van der Waals surface area contributed by atoms with Gasteiger partial charge in [0.15, 0.2) is 12.7 Å². The van der Waals surface area contributed by atoms with Gasteiger partial charge in [0.2, 0.25) is 0 Å². The van der Waals surface area contributed by atoms with Gasteiger partial charge in [0.1, 0.15) is 11.5 Å². The third-order valence-corrected chi connectivity index (χ3v) is 4.15. The summed E-state index contributed by atoms with van der Waals surface area (Å²) in [5.74, 6) is -0.266. The highest BCUT2D eigenvalue weighted by Gasteiger charge is 2.17. The lowest BCUT2D eigenvalue weighted by molar-refractivity contribution is -0.133. The van der Waals surface area contributed by atoms with Gasteiger partial charge in [0.05, 0.1) is 5.02 Å². The molecule has 1 atom stereocenters. The molecular weight excluding hydrogens is 415 g/mol. The van der Waals surface area contributed by atoms with Gasteiger partial charge in [-0.2, -0.15) is 0 Å². The molecule has 0 saturated heterocycles. The zero-order chi connectivity index (χ0) is 20.0. The number of halogens is 3. The molecule has 2 amide bonds. The molecule has 2 aromatic rings. The topological polar surface area (TPSA) is 76.7 Å². The van der Waals surface area contributed by atoms with E-state index in [-0.39, 0.29) is 11.6 Å². The molecule has 0 aliphatic heterocycles. The minimum atomic E-state index is -0.900. The van der Waals surface area contributed by atoms with Crippen LogP contribution in [0.5, 0.6) is 11.5 Å². The fraction of sp³-hybridized carbons (Fsp3) is 0.222. The van der Waals surface area contributed by atoms with E-state index in [4.69, 9.17) is 44.3 Å². The average molecular weight is 432 g/mol. The molecule has 0 heterocycles. The summed E-state index contributed by atoms with van der Waals surface area (Å²) < 4.78 is 10.8. The molecule has 2 rings (SSSR count). The molecule has 0 spiro atoms. The smallest absolute Gasteiger partial charge is 0.279 e. The van der Waals surface area contributed by atoms with E-state index in [0.717, 1.165) is 5.56 Å². The van der Waals surface area contributed by atoms with E-state index >= 15 is 0 Å². The second kappa shape index (κ2) is 9.69. The van der Waals surface area contributed by atoms with Crippen molar-refractivity contribution in [3.63, 3.8) is 0 Å². The summed E-state index contributed by atoms with van der Waals surface area (Å²) in [7, 11) is 0. The van der Waals surface area contributed by atoms with Crippen molar-refractivity contribution in [1.29, 1.82) is 0 Å². The van der Waals surface area contributed by atoms with Crippen molar-refractivity contribution >= 4 is 46.6 Å². The van der Waals surface area contributed by atoms with Gasteiger partial charge in [-0.3, -0.25) is 20.4 Å². The molecule has 0 aliphatic carbocycles. The molecule has 6 nitrogen and oxygen atoms in total. The van der Waals surface area contributed by atoms with Crippen LogP contribution >= 0.6 is 34.8 Å². The number of nitrogens with one attached hydrogen (secondary N) is 2. The molecule has 0 saturated carbocycles. The first-order chi connectivity index (χ1) is 12.8. The first-order valence-electron chi connectivity index (χ1n) is 7.85. The molecule has 1 unspecified atom stereocenters. The largest absolute Gasteiger partial charge is 0.483 e. The van der Waals surface area contributed by atoms with Gasteiger partial charge in [-0.1, -0.05) is 34.8 Å². The standard InChI is InChI=1S/C18H17Cl3N2O4/c1-10-7-12(19)3-5-15(10)26-9-17(24)22-23-18(25)11(2)27-16-6-4-13(20)8-14(16)21/h3-8,11H,9H2,1-2H3,(H,22,24)(H,23,25). The maximum atomic E-state index is 12.0. The number of amides is 2. The van der Waals surface area contributed by atoms with Crippen LogP contribution in [0.1, 0.15) is 12.5 Å². The van der Waals surface area contributed by atoms with Crippen LogP contribution in [0.2, 0.25) is 15.1 Å². The molecule has 9 heteroatoms. The van der Waals surface area contributed by atoms with Gasteiger partial charge in [0.25, 0.3) is 11.8 Å². The Balaban J connectivity index is 1.79. The van der Waals surface area contributed by atoms with Crippen molar-refractivity contribution in [2.24, 2.45) is 0 Å². The number of rotatable bonds is 6. The highest BCUT2D eigenvalue weighted by Crippen LogP contribution is 2.28. The van der Waals surface area contributed by atoms with Gasteiger partial charge < -0.3 is 9.47 Å². The predicted molar refractivity (Wildman–Crippen MR) is 105 cm³/mol. The van der Waals surface area contributed by atoms with Gasteiger partial charge in [-0.05, 0) is 55.8 Å². The van der Waals surface area contributed by atoms with Crippen LogP contribution in [0.3, 0.4) is 0 Å². The molecule has 0 aliphatic rings. The fourth-order valence-electron chi connectivity index (χ4n) is 2.00. The number of hydrogen-bond acceptors (Lipinski definition) is 4. The zero-order valence-corrected chi connectivity index (χ0v) is 16.8. The molecule has 144 valence electrons. The molecular formula is C18H17Cl3N2O4. The Kier molecular flexibility index (Phi) is 7.59. The first-order valence-corrected chi connectivity index (χ1v) is 8.99. The van der Waals surface area contributed by atoms with Crippen molar-refractivity contribution in [3.05, 3.63) is 57.0 Å². The number of hydrogen-bond donors (Lipinski definition) is 2. The summed E-state index contributed by atoms with van der Waals surface area (Å²) in [6, 6.07) is 9.68. The third kappa shape index (κ3) is 6.50. The van der Waals surface area contributed by atoms with E-state index in [1.54, 1.807) is 30.3 Å². The van der Waals surface area contributed by atoms with Gasteiger partial charge in [0, 0.05) is 10.0 Å². The molecule has 2 aromatic carbocycles. The van der Waals surface area contributed by atoms with Crippen molar-refractivity contribution in [2.45, 2.75) is 20.0 Å². The quantitative estimate of drug-likeness (QED) is 0.679. The van der Waals surface area contributed by atoms with E-state index in [1.165, 1.54) is 13.0 Å². The van der Waals surface area contributed by atoms with Crippen LogP contribution in [0.4, 0.5) is 0 Å². The zero-order valence-electron chi connectivity index (χ0n) is 14.5. The summed E-state index contributed by atoms with van der Waals surface area (Å²) in [5.41, 5.74) is 5.30. The number of ether oxygens (including phenoxy) is 2. The normalized spacial score (nSPS) is 11.4. The van der Waals surface area contributed by atoms with Crippen LogP contribution in [-0.2, 0) is 9.59 Å². The van der Waals surface area contributed by atoms with E-state index in [0.29, 0.717) is 21.5 Å². The van der Waals surface area contributed by atoms with Crippen LogP contribution in [0.25, 0.3) is 0 Å². The second-order valence-corrected chi connectivity index (χ2v) is 6.85. The molecule has 0 aromatic heterocycles. The Labute approximate surface area is 171 Å². The number of benzene rings is 2. The van der Waals surface area contributed by atoms with Crippen LogP contribution < -0.4 is 20.3 Å². The van der Waals surface area contributed by atoms with Crippen molar-refractivity contribution in [1.82, 2.24) is 10.9 Å². The van der Waals surface area contributed by atoms with E-state index in [9.17, 15) is 9.59 Å². The van der Waals surface area contributed by atoms with E-state index in [1.807, 2.05) is 6.92 Å². The van der Waals surface area contributed by atoms with E-state index in [2.05, 4.69) is 10.9 Å². The molecule has 2 N–H and O–H groups in total. The summed E-state index contributed by atoms with van der Waals surface area (Å²) in [5, 5.41) is 1.30. The Morgan fingerprint density at radius 2 is 1.63 bits per heavy atom. The molecule has 0 radical (unpaired) electrons. The van der Waals surface area contributed by atoms with E-state index < -0.39 is 17.9 Å². The summed E-state index contributed by atoms with van der Waals surface area (Å²) in [4.78, 5) is 23.8. The highest BCUT2D eigenvalue weighted by atomic mass is 35.5. The lowest BCUT2D eigenvalue weighted by Crippen LogP contribution is -2.48. The maximum Gasteiger partial charge on any atom is 0.279 e. The number of carbonyl (C=O) groups excluding carboxylic acids is 2. The summed E-state index contributed by atoms with van der Waals surface area (Å²) in [6.45, 7) is 3.04. The third-order valence-electron chi connectivity index (χ3n) is 3.39. The Morgan fingerprint density at radius 1 is 1.00 bits per heavy atom. The maximum absolute atomic E-state index is 12.0. The summed E-state index contributed by atoms with van der Waals surface area (Å²) in [6.07, 6.45) is -0.900. The van der Waals surface area contributed by atoms with Crippen molar-refractivity contribution < 1.29 is 19.1 Å². The average Bonchev–Trinajstić information content (AvgIpc) is 2.61. The minimum Gasteiger partial charge on any atom is -0.483 e. The SMILES string of the molecule is Cc1cc(Cl)ccc1OCC(=O)NNC(=O)C(C)Oc1ccc(Cl)cc1Cl. The van der Waals surface area contributed by atoms with Crippen LogP contribution in [0, 0.1) is 6.92 Å². The Hall–Kier alpha value is -2.15. The van der Waals surface area contributed by atoms with Gasteiger partial charge >= 0.3 is 0 Å². The molecule has 0 fully saturated rings. The summed E-state index contributed by atoms with van der Waals surface area (Å²) >= 11 is 17.7. The number of aryl methyl sites for hydroxylation is 1. The van der Waals surface area contributed by atoms with Crippen molar-refractivity contribution in [3.8, 4) is 11.5 Å². The minimum absolute atomic E-state index is 0.276. The van der Waals surface area contributed by atoms with Crippen LogP contribution in [0.15, 0.2) is 36.4 Å². The Morgan fingerprint density at radius 3 is 2.26 bits per heavy atom. The molecule has 27 heavy (non-hydrogen) atoms. The van der Waals surface area contributed by atoms with Crippen molar-refractivity contribution in [2.75, 3.05) is 6.61 Å². The lowest BCUT2D eigenvalue weighted by atomic mass is 10.2. The molecule has 0 bridgehead atoms. The Bertz CT molecular complexity index is 845. The van der Waals surface area contributed by atoms with Gasteiger partial charge in [-0.25, -0.2) is 0 Å². The van der Waals surface area contributed by atoms with Gasteiger partial charge in [-0.15, -0.1) is 0 Å². The first kappa shape index (κ1) is 21.2. The monoisotopic (exact) mass is 430 g/mol. The number of carbonyl (C=O) groups is 2. The lowest BCUT2D eigenvalue weighted by Gasteiger charge is -2.16. The predicted octanol–water partition coefficient (Wildman–Crippen LogP) is 3.95. The fourth-order valence-corrected chi connectivity index (χ4v) is 2.68. The second-order valence-electron chi connectivity index (χ2n) is 5.57. The van der Waals surface area contributed by atoms with Crippen LogP contribution in [-0.4, -0.2) is 24.5 Å². The highest BCUT2D eigenvalue weighted by molar-refractivity contribution is 6.35.